The molecule has 1 heterocycles. The summed E-state index contributed by atoms with van der Waals surface area (Å²) in [6.45, 7) is 5.14. The molecule has 1 saturated carbocycles. The molecule has 1 amide bonds. The Labute approximate surface area is 126 Å². The zero-order chi connectivity index (χ0) is 15.3. The second kappa shape index (κ2) is 6.98. The Morgan fingerprint density at radius 2 is 2.05 bits per heavy atom. The number of hydrogen-bond acceptors (Lipinski definition) is 4. The number of nitrogens with two attached hydrogens (primary N) is 1. The van der Waals surface area contributed by atoms with E-state index in [1.165, 1.54) is 19.3 Å². The molecule has 1 fully saturated rings. The van der Waals surface area contributed by atoms with Gasteiger partial charge in [-0.05, 0) is 44.2 Å². The molecule has 21 heavy (non-hydrogen) atoms. The maximum atomic E-state index is 12.5. The van der Waals surface area contributed by atoms with Crippen molar-refractivity contribution < 1.29 is 4.79 Å². The van der Waals surface area contributed by atoms with Gasteiger partial charge in [0.1, 0.15) is 0 Å². The lowest BCUT2D eigenvalue weighted by molar-refractivity contribution is 0.0912. The molecule has 0 aliphatic heterocycles. The van der Waals surface area contributed by atoms with E-state index < -0.39 is 0 Å². The molecule has 1 aromatic heterocycles. The molecule has 1 aromatic rings. The van der Waals surface area contributed by atoms with Gasteiger partial charge in [0.15, 0.2) is 0 Å². The molecule has 0 atom stereocenters. The SMILES string of the molecule is CCc1nnc(C)cc1C(=O)NCC1(CN)CCCCC1. The van der Waals surface area contributed by atoms with E-state index >= 15 is 0 Å². The van der Waals surface area contributed by atoms with Gasteiger partial charge in [-0.3, -0.25) is 4.79 Å². The van der Waals surface area contributed by atoms with Crippen molar-refractivity contribution in [3.63, 3.8) is 0 Å². The Bertz CT molecular complexity index is 495. The van der Waals surface area contributed by atoms with E-state index in [1.54, 1.807) is 0 Å². The van der Waals surface area contributed by atoms with E-state index in [9.17, 15) is 4.79 Å². The number of aromatic nitrogens is 2. The molecule has 1 aliphatic rings. The third kappa shape index (κ3) is 3.79. The Balaban J connectivity index is 2.06. The van der Waals surface area contributed by atoms with Crippen molar-refractivity contribution in [2.75, 3.05) is 13.1 Å². The van der Waals surface area contributed by atoms with Crippen LogP contribution in [-0.4, -0.2) is 29.2 Å². The highest BCUT2D eigenvalue weighted by Crippen LogP contribution is 2.34. The molecule has 0 aromatic carbocycles. The van der Waals surface area contributed by atoms with Crippen molar-refractivity contribution in [3.05, 3.63) is 23.0 Å². The lowest BCUT2D eigenvalue weighted by atomic mass is 9.74. The number of aryl methyl sites for hydroxylation is 2. The quantitative estimate of drug-likeness (QED) is 0.869. The van der Waals surface area contributed by atoms with Crippen molar-refractivity contribution in [2.45, 2.75) is 52.4 Å². The van der Waals surface area contributed by atoms with E-state index in [0.29, 0.717) is 25.1 Å². The summed E-state index contributed by atoms with van der Waals surface area (Å²) in [5, 5.41) is 11.2. The van der Waals surface area contributed by atoms with E-state index in [0.717, 1.165) is 24.2 Å². The van der Waals surface area contributed by atoms with Crippen LogP contribution >= 0.6 is 0 Å². The van der Waals surface area contributed by atoms with E-state index in [1.807, 2.05) is 19.9 Å². The van der Waals surface area contributed by atoms with Crippen LogP contribution in [0.25, 0.3) is 0 Å². The van der Waals surface area contributed by atoms with Gasteiger partial charge in [-0.2, -0.15) is 10.2 Å². The van der Waals surface area contributed by atoms with Crippen LogP contribution in [0.1, 0.15) is 60.8 Å². The lowest BCUT2D eigenvalue weighted by Gasteiger charge is -2.36. The van der Waals surface area contributed by atoms with Crippen LogP contribution in [0, 0.1) is 12.3 Å². The van der Waals surface area contributed by atoms with Gasteiger partial charge in [-0.1, -0.05) is 26.2 Å². The maximum Gasteiger partial charge on any atom is 0.253 e. The van der Waals surface area contributed by atoms with Crippen LogP contribution in [0.15, 0.2) is 6.07 Å². The first kappa shape index (κ1) is 15.9. The van der Waals surface area contributed by atoms with Gasteiger partial charge in [0.2, 0.25) is 0 Å². The van der Waals surface area contributed by atoms with Crippen LogP contribution < -0.4 is 11.1 Å². The molecule has 5 nitrogen and oxygen atoms in total. The summed E-state index contributed by atoms with van der Waals surface area (Å²) in [5.41, 5.74) is 8.22. The van der Waals surface area contributed by atoms with Crippen molar-refractivity contribution in [1.29, 1.82) is 0 Å². The highest BCUT2D eigenvalue weighted by Gasteiger charge is 2.31. The monoisotopic (exact) mass is 290 g/mol. The molecule has 2 rings (SSSR count). The maximum absolute atomic E-state index is 12.5. The molecule has 0 bridgehead atoms. The van der Waals surface area contributed by atoms with Gasteiger partial charge in [-0.25, -0.2) is 0 Å². The number of carbonyl (C=O) groups excluding carboxylic acids is 1. The number of rotatable bonds is 5. The van der Waals surface area contributed by atoms with Gasteiger partial charge in [-0.15, -0.1) is 0 Å². The molecule has 0 radical (unpaired) electrons. The number of nitrogens with zero attached hydrogens (tertiary/aromatic N) is 2. The molecular formula is C16H26N4O. The summed E-state index contributed by atoms with van der Waals surface area (Å²) >= 11 is 0. The van der Waals surface area contributed by atoms with Crippen molar-refractivity contribution in [1.82, 2.24) is 15.5 Å². The van der Waals surface area contributed by atoms with E-state index in [-0.39, 0.29) is 11.3 Å². The molecule has 0 spiro atoms. The van der Waals surface area contributed by atoms with Crippen LogP contribution in [0.2, 0.25) is 0 Å². The summed E-state index contributed by atoms with van der Waals surface area (Å²) in [6, 6.07) is 1.82. The summed E-state index contributed by atoms with van der Waals surface area (Å²) in [5.74, 6) is -0.0525. The number of carbonyl (C=O) groups is 1. The predicted octanol–water partition coefficient (Wildman–Crippen LogP) is 1.99. The molecule has 1 aliphatic carbocycles. The predicted molar refractivity (Wildman–Crippen MR) is 83.1 cm³/mol. The smallest absolute Gasteiger partial charge is 0.253 e. The number of hydrogen-bond donors (Lipinski definition) is 2. The summed E-state index contributed by atoms with van der Waals surface area (Å²) < 4.78 is 0. The first-order valence-electron chi connectivity index (χ1n) is 7.92. The summed E-state index contributed by atoms with van der Waals surface area (Å²) in [4.78, 5) is 12.5. The third-order valence-corrected chi connectivity index (χ3v) is 4.54. The first-order chi connectivity index (χ1) is 10.1. The average molecular weight is 290 g/mol. The number of nitrogens with one attached hydrogen (secondary N) is 1. The average Bonchev–Trinajstić information content (AvgIpc) is 2.53. The minimum atomic E-state index is -0.0525. The molecule has 0 saturated heterocycles. The molecule has 5 heteroatoms. The zero-order valence-corrected chi connectivity index (χ0v) is 13.1. The molecular weight excluding hydrogens is 264 g/mol. The largest absolute Gasteiger partial charge is 0.351 e. The normalized spacial score (nSPS) is 17.5. The molecule has 0 unspecified atom stereocenters. The van der Waals surface area contributed by atoms with Crippen LogP contribution in [0.4, 0.5) is 0 Å². The van der Waals surface area contributed by atoms with Crippen LogP contribution in [0.5, 0.6) is 0 Å². The standard InChI is InChI=1S/C16H26N4O/c1-3-14-13(9-12(2)19-20-14)15(21)18-11-16(10-17)7-5-4-6-8-16/h9H,3-8,10-11,17H2,1-2H3,(H,18,21). The van der Waals surface area contributed by atoms with Crippen molar-refractivity contribution >= 4 is 5.91 Å². The zero-order valence-electron chi connectivity index (χ0n) is 13.1. The minimum Gasteiger partial charge on any atom is -0.351 e. The molecule has 3 N–H and O–H groups in total. The fourth-order valence-electron chi connectivity index (χ4n) is 3.09. The van der Waals surface area contributed by atoms with Gasteiger partial charge >= 0.3 is 0 Å². The van der Waals surface area contributed by atoms with Gasteiger partial charge < -0.3 is 11.1 Å². The Morgan fingerprint density at radius 1 is 1.33 bits per heavy atom. The summed E-state index contributed by atoms with van der Waals surface area (Å²) in [6.07, 6.45) is 6.63. The minimum absolute atomic E-state index is 0.0525. The van der Waals surface area contributed by atoms with Crippen LogP contribution in [0.3, 0.4) is 0 Å². The summed E-state index contributed by atoms with van der Waals surface area (Å²) in [7, 11) is 0. The fraction of sp³-hybridized carbons (Fsp3) is 0.688. The first-order valence-corrected chi connectivity index (χ1v) is 7.92. The topological polar surface area (TPSA) is 80.9 Å². The fourth-order valence-corrected chi connectivity index (χ4v) is 3.09. The van der Waals surface area contributed by atoms with E-state index in [2.05, 4.69) is 15.5 Å². The van der Waals surface area contributed by atoms with E-state index in [4.69, 9.17) is 5.73 Å². The van der Waals surface area contributed by atoms with Gasteiger partial charge in [0.05, 0.1) is 17.0 Å². The number of amides is 1. The second-order valence-electron chi connectivity index (χ2n) is 6.15. The highest BCUT2D eigenvalue weighted by atomic mass is 16.1. The Morgan fingerprint density at radius 3 is 2.67 bits per heavy atom. The molecule has 116 valence electrons. The third-order valence-electron chi connectivity index (χ3n) is 4.54. The Hall–Kier alpha value is -1.49. The van der Waals surface area contributed by atoms with Gasteiger partial charge in [0, 0.05) is 6.54 Å². The lowest BCUT2D eigenvalue weighted by Crippen LogP contribution is -2.44. The second-order valence-corrected chi connectivity index (χ2v) is 6.15. The Kier molecular flexibility index (Phi) is 5.28. The van der Waals surface area contributed by atoms with Crippen molar-refractivity contribution in [3.8, 4) is 0 Å². The van der Waals surface area contributed by atoms with Crippen LogP contribution in [-0.2, 0) is 6.42 Å². The van der Waals surface area contributed by atoms with Gasteiger partial charge in [0.25, 0.3) is 5.91 Å². The van der Waals surface area contributed by atoms with Crippen molar-refractivity contribution in [2.24, 2.45) is 11.1 Å². The highest BCUT2D eigenvalue weighted by molar-refractivity contribution is 5.95.